The number of H-pyrrole nitrogens is 1. The number of fused-ring (bicyclic) bond motifs is 1. The smallest absolute Gasteiger partial charge is 0.327 e. The van der Waals surface area contributed by atoms with Crippen LogP contribution in [0.4, 0.5) is 10.1 Å². The fourth-order valence-corrected chi connectivity index (χ4v) is 3.91. The Morgan fingerprint density at radius 2 is 1.88 bits per heavy atom. The van der Waals surface area contributed by atoms with Gasteiger partial charge in [0, 0.05) is 26.2 Å². The number of aryl methyl sites for hydroxylation is 1. The highest BCUT2D eigenvalue weighted by Gasteiger charge is 2.21. The van der Waals surface area contributed by atoms with Crippen molar-refractivity contribution in [3.8, 4) is 0 Å². The van der Waals surface area contributed by atoms with Gasteiger partial charge in [-0.1, -0.05) is 24.3 Å². The van der Waals surface area contributed by atoms with Crippen molar-refractivity contribution >= 4 is 16.7 Å². The first-order valence-electron chi connectivity index (χ1n) is 9.01. The molecule has 0 saturated carbocycles. The molecule has 2 N–H and O–H groups in total. The monoisotopic (exact) mass is 354 g/mol. The van der Waals surface area contributed by atoms with Crippen LogP contribution in [-0.2, 0) is 0 Å². The average molecular weight is 354 g/mol. The molecule has 1 saturated heterocycles. The molecule has 26 heavy (non-hydrogen) atoms. The minimum absolute atomic E-state index is 0.185. The summed E-state index contributed by atoms with van der Waals surface area (Å²) in [6, 6.07) is 10.8. The summed E-state index contributed by atoms with van der Waals surface area (Å²) in [4.78, 5) is 17.9. The molecule has 2 aromatic carbocycles. The summed E-state index contributed by atoms with van der Waals surface area (Å²) < 4.78 is 16.1. The van der Waals surface area contributed by atoms with E-state index in [-0.39, 0.29) is 17.5 Å². The highest BCUT2D eigenvalue weighted by Crippen LogP contribution is 2.30. The lowest BCUT2D eigenvalue weighted by Gasteiger charge is -2.29. The lowest BCUT2D eigenvalue weighted by atomic mass is 10.0. The normalized spacial score (nSPS) is 16.2. The van der Waals surface area contributed by atoms with E-state index in [2.05, 4.69) is 15.2 Å². The molecule has 0 bridgehead atoms. The van der Waals surface area contributed by atoms with Crippen LogP contribution >= 0.6 is 0 Å². The Bertz CT molecular complexity index is 1000. The van der Waals surface area contributed by atoms with E-state index in [1.165, 1.54) is 12.1 Å². The second-order valence-corrected chi connectivity index (χ2v) is 6.89. The van der Waals surface area contributed by atoms with E-state index in [0.29, 0.717) is 11.0 Å². The van der Waals surface area contributed by atoms with Gasteiger partial charge in [0.15, 0.2) is 0 Å². The maximum Gasteiger partial charge on any atom is 0.327 e. The van der Waals surface area contributed by atoms with Crippen LogP contribution in [0.15, 0.2) is 41.2 Å². The van der Waals surface area contributed by atoms with Crippen molar-refractivity contribution in [2.45, 2.75) is 19.9 Å². The molecule has 1 aliphatic rings. The Morgan fingerprint density at radius 1 is 1.15 bits per heavy atom. The number of benzene rings is 2. The molecule has 0 spiro atoms. The van der Waals surface area contributed by atoms with Gasteiger partial charge >= 0.3 is 5.69 Å². The first-order chi connectivity index (χ1) is 12.6. The fourth-order valence-electron chi connectivity index (χ4n) is 3.91. The van der Waals surface area contributed by atoms with E-state index in [9.17, 15) is 9.18 Å². The third-order valence-corrected chi connectivity index (χ3v) is 5.26. The fraction of sp³-hybridized carbons (Fsp3) is 0.350. The highest BCUT2D eigenvalue weighted by atomic mass is 19.1. The standard InChI is InChI=1S/C20H23FN4O/c1-13-5-3-4-6-16(13)14(2)25-18-12-15(21)11-17(19(18)23-20(25)26)24-9-7-22-8-10-24/h3-6,11-12,14,22H,7-10H2,1-2H3,(H,23,26). The molecule has 6 heteroatoms. The SMILES string of the molecule is Cc1ccccc1C(C)n1c(=O)[nH]c2c(N3CCNCC3)cc(F)cc21. The summed E-state index contributed by atoms with van der Waals surface area (Å²) in [5.41, 5.74) is 4.04. The van der Waals surface area contributed by atoms with Crippen LogP contribution < -0.4 is 15.9 Å². The maximum atomic E-state index is 14.4. The first-order valence-corrected chi connectivity index (χ1v) is 9.01. The zero-order chi connectivity index (χ0) is 18.3. The van der Waals surface area contributed by atoms with Gasteiger partial charge < -0.3 is 15.2 Å². The van der Waals surface area contributed by atoms with Gasteiger partial charge in [0.1, 0.15) is 5.82 Å². The van der Waals surface area contributed by atoms with Gasteiger partial charge in [-0.3, -0.25) is 4.57 Å². The summed E-state index contributed by atoms with van der Waals surface area (Å²) in [6.45, 7) is 7.29. The van der Waals surface area contributed by atoms with Crippen LogP contribution in [0.5, 0.6) is 0 Å². The van der Waals surface area contributed by atoms with Crippen LogP contribution in [0.25, 0.3) is 11.0 Å². The second kappa shape index (κ2) is 6.61. The van der Waals surface area contributed by atoms with Crippen molar-refractivity contribution < 1.29 is 4.39 Å². The minimum Gasteiger partial charge on any atom is -0.367 e. The van der Waals surface area contributed by atoms with E-state index >= 15 is 0 Å². The number of rotatable bonds is 3. The number of hydrogen-bond acceptors (Lipinski definition) is 3. The van der Waals surface area contributed by atoms with Gasteiger partial charge in [-0.25, -0.2) is 9.18 Å². The average Bonchev–Trinajstić information content (AvgIpc) is 2.97. The lowest BCUT2D eigenvalue weighted by Crippen LogP contribution is -2.43. The predicted molar refractivity (Wildman–Crippen MR) is 103 cm³/mol. The van der Waals surface area contributed by atoms with E-state index in [0.717, 1.165) is 43.0 Å². The molecule has 1 unspecified atom stereocenters. The number of anilines is 1. The lowest BCUT2D eigenvalue weighted by molar-refractivity contribution is 0.585. The van der Waals surface area contributed by atoms with Crippen molar-refractivity contribution in [2.24, 2.45) is 0 Å². The molecular formula is C20H23FN4O. The van der Waals surface area contributed by atoms with Crippen LogP contribution in [0, 0.1) is 12.7 Å². The van der Waals surface area contributed by atoms with E-state index < -0.39 is 0 Å². The van der Waals surface area contributed by atoms with E-state index in [4.69, 9.17) is 0 Å². The number of halogens is 1. The molecule has 0 radical (unpaired) electrons. The van der Waals surface area contributed by atoms with Crippen molar-refractivity contribution in [1.82, 2.24) is 14.9 Å². The van der Waals surface area contributed by atoms with Crippen LogP contribution in [-0.4, -0.2) is 35.7 Å². The third kappa shape index (κ3) is 2.80. The molecule has 1 fully saturated rings. The number of aromatic nitrogens is 2. The molecule has 0 aliphatic carbocycles. The third-order valence-electron chi connectivity index (χ3n) is 5.26. The minimum atomic E-state index is -0.323. The van der Waals surface area contributed by atoms with Crippen LogP contribution in [0.1, 0.15) is 24.1 Å². The number of aromatic amines is 1. The molecule has 1 aliphatic heterocycles. The Kier molecular flexibility index (Phi) is 4.28. The summed E-state index contributed by atoms with van der Waals surface area (Å²) in [5, 5.41) is 3.30. The zero-order valence-corrected chi connectivity index (χ0v) is 15.1. The van der Waals surface area contributed by atoms with Gasteiger partial charge in [-0.05, 0) is 37.1 Å². The van der Waals surface area contributed by atoms with Gasteiger partial charge in [-0.15, -0.1) is 0 Å². The van der Waals surface area contributed by atoms with Crippen molar-refractivity contribution in [3.05, 3.63) is 63.8 Å². The van der Waals surface area contributed by atoms with E-state index in [1.54, 1.807) is 4.57 Å². The van der Waals surface area contributed by atoms with Crippen molar-refractivity contribution in [1.29, 1.82) is 0 Å². The largest absolute Gasteiger partial charge is 0.367 e. The number of imidazole rings is 1. The van der Waals surface area contributed by atoms with Crippen LogP contribution in [0.3, 0.4) is 0 Å². The molecule has 5 nitrogen and oxygen atoms in total. The number of nitrogens with zero attached hydrogens (tertiary/aromatic N) is 2. The maximum absolute atomic E-state index is 14.4. The quantitative estimate of drug-likeness (QED) is 0.760. The van der Waals surface area contributed by atoms with Gasteiger partial charge in [0.2, 0.25) is 0 Å². The van der Waals surface area contributed by atoms with Gasteiger partial charge in [0.05, 0.1) is 22.8 Å². The Hall–Kier alpha value is -2.60. The van der Waals surface area contributed by atoms with Crippen molar-refractivity contribution in [3.63, 3.8) is 0 Å². The highest BCUT2D eigenvalue weighted by molar-refractivity contribution is 5.89. The number of hydrogen-bond donors (Lipinski definition) is 2. The first kappa shape index (κ1) is 16.8. The number of nitrogens with one attached hydrogen (secondary N) is 2. The molecule has 4 rings (SSSR count). The van der Waals surface area contributed by atoms with E-state index in [1.807, 2.05) is 38.1 Å². The summed E-state index contributed by atoms with van der Waals surface area (Å²) in [5.74, 6) is -0.323. The molecule has 3 aromatic rings. The second-order valence-electron chi connectivity index (χ2n) is 6.89. The molecule has 0 amide bonds. The molecule has 136 valence electrons. The van der Waals surface area contributed by atoms with Crippen LogP contribution in [0.2, 0.25) is 0 Å². The Balaban J connectivity index is 1.89. The van der Waals surface area contributed by atoms with Gasteiger partial charge in [0.25, 0.3) is 0 Å². The Labute approximate surface area is 151 Å². The zero-order valence-electron chi connectivity index (χ0n) is 15.1. The molecule has 1 aromatic heterocycles. The molecule has 2 heterocycles. The summed E-state index contributed by atoms with van der Waals surface area (Å²) in [7, 11) is 0. The topological polar surface area (TPSA) is 53.1 Å². The van der Waals surface area contributed by atoms with Gasteiger partial charge in [-0.2, -0.15) is 0 Å². The number of piperazine rings is 1. The molecular weight excluding hydrogens is 331 g/mol. The van der Waals surface area contributed by atoms with Crippen molar-refractivity contribution in [2.75, 3.05) is 31.1 Å². The Morgan fingerprint density at radius 3 is 2.62 bits per heavy atom. The summed E-state index contributed by atoms with van der Waals surface area (Å²) >= 11 is 0. The summed E-state index contributed by atoms with van der Waals surface area (Å²) in [6.07, 6.45) is 0. The molecule has 1 atom stereocenters. The predicted octanol–water partition coefficient (Wildman–Crippen LogP) is 2.80.